The molecule has 2 aromatic carbocycles. The molecule has 106 valence electrons. The molecule has 0 radical (unpaired) electrons. The SMILES string of the molecule is COc1ccc(CNC(=O)c2cccc(C#N)c2)cc1N. The molecule has 0 aliphatic heterocycles. The lowest BCUT2D eigenvalue weighted by atomic mass is 10.1. The van der Waals surface area contributed by atoms with Crippen molar-refractivity contribution in [2.45, 2.75) is 6.54 Å². The van der Waals surface area contributed by atoms with Crippen LogP contribution in [-0.2, 0) is 6.54 Å². The fourth-order valence-corrected chi connectivity index (χ4v) is 1.91. The maximum absolute atomic E-state index is 12.0. The van der Waals surface area contributed by atoms with Gasteiger partial charge in [0.05, 0.1) is 24.4 Å². The van der Waals surface area contributed by atoms with Crippen LogP contribution in [0.3, 0.4) is 0 Å². The third kappa shape index (κ3) is 3.51. The molecule has 0 saturated carbocycles. The van der Waals surface area contributed by atoms with E-state index in [2.05, 4.69) is 5.32 Å². The van der Waals surface area contributed by atoms with Crippen LogP contribution >= 0.6 is 0 Å². The predicted molar refractivity (Wildman–Crippen MR) is 79.7 cm³/mol. The maximum atomic E-state index is 12.0. The average molecular weight is 281 g/mol. The number of anilines is 1. The Morgan fingerprint density at radius 1 is 1.33 bits per heavy atom. The second-order valence-electron chi connectivity index (χ2n) is 4.45. The van der Waals surface area contributed by atoms with Gasteiger partial charge in [0.25, 0.3) is 5.91 Å². The number of carbonyl (C=O) groups is 1. The van der Waals surface area contributed by atoms with Gasteiger partial charge in [0, 0.05) is 12.1 Å². The summed E-state index contributed by atoms with van der Waals surface area (Å²) in [7, 11) is 1.55. The Morgan fingerprint density at radius 3 is 2.81 bits per heavy atom. The van der Waals surface area contributed by atoms with Gasteiger partial charge in [-0.2, -0.15) is 5.26 Å². The number of rotatable bonds is 4. The topological polar surface area (TPSA) is 88.1 Å². The highest BCUT2D eigenvalue weighted by atomic mass is 16.5. The van der Waals surface area contributed by atoms with Gasteiger partial charge in [0.15, 0.2) is 0 Å². The molecule has 0 aliphatic rings. The Hall–Kier alpha value is -3.00. The summed E-state index contributed by atoms with van der Waals surface area (Å²) in [5, 5.41) is 11.6. The minimum absolute atomic E-state index is 0.235. The second kappa shape index (κ2) is 6.44. The monoisotopic (exact) mass is 281 g/mol. The number of hydrogen-bond acceptors (Lipinski definition) is 4. The van der Waals surface area contributed by atoms with Gasteiger partial charge in [-0.15, -0.1) is 0 Å². The number of nitrogens with one attached hydrogen (secondary N) is 1. The van der Waals surface area contributed by atoms with Gasteiger partial charge >= 0.3 is 0 Å². The zero-order chi connectivity index (χ0) is 15.2. The predicted octanol–water partition coefficient (Wildman–Crippen LogP) is 2.08. The Bertz CT molecular complexity index is 705. The van der Waals surface area contributed by atoms with E-state index in [9.17, 15) is 4.79 Å². The van der Waals surface area contributed by atoms with E-state index in [1.54, 1.807) is 43.5 Å². The lowest BCUT2D eigenvalue weighted by molar-refractivity contribution is 0.0951. The smallest absolute Gasteiger partial charge is 0.251 e. The molecule has 5 nitrogen and oxygen atoms in total. The lowest BCUT2D eigenvalue weighted by Gasteiger charge is -2.09. The molecule has 0 unspecified atom stereocenters. The summed E-state index contributed by atoms with van der Waals surface area (Å²) in [5.41, 5.74) is 8.12. The van der Waals surface area contributed by atoms with E-state index in [1.165, 1.54) is 0 Å². The van der Waals surface area contributed by atoms with E-state index in [-0.39, 0.29) is 5.91 Å². The molecule has 0 atom stereocenters. The average Bonchev–Trinajstić information content (AvgIpc) is 2.52. The summed E-state index contributed by atoms with van der Waals surface area (Å²) < 4.78 is 5.08. The van der Waals surface area contributed by atoms with Gasteiger partial charge in [0.2, 0.25) is 0 Å². The van der Waals surface area contributed by atoms with E-state index in [1.807, 2.05) is 12.1 Å². The first-order chi connectivity index (χ1) is 10.1. The molecule has 0 saturated heterocycles. The zero-order valence-electron chi connectivity index (χ0n) is 11.6. The van der Waals surface area contributed by atoms with E-state index in [0.717, 1.165) is 5.56 Å². The number of nitrogens with zero attached hydrogens (tertiary/aromatic N) is 1. The Kier molecular flexibility index (Phi) is 4.42. The molecule has 5 heteroatoms. The highest BCUT2D eigenvalue weighted by Gasteiger charge is 2.07. The van der Waals surface area contributed by atoms with Crippen molar-refractivity contribution in [3.63, 3.8) is 0 Å². The number of benzene rings is 2. The minimum atomic E-state index is -0.235. The zero-order valence-corrected chi connectivity index (χ0v) is 11.6. The van der Waals surface area contributed by atoms with Crippen LogP contribution in [0.5, 0.6) is 5.75 Å². The van der Waals surface area contributed by atoms with Crippen LogP contribution in [0.4, 0.5) is 5.69 Å². The molecule has 3 N–H and O–H groups in total. The molecule has 21 heavy (non-hydrogen) atoms. The lowest BCUT2D eigenvalue weighted by Crippen LogP contribution is -2.22. The third-order valence-electron chi connectivity index (χ3n) is 3.00. The molecule has 0 bridgehead atoms. The van der Waals surface area contributed by atoms with Gasteiger partial charge < -0.3 is 15.8 Å². The third-order valence-corrected chi connectivity index (χ3v) is 3.00. The highest BCUT2D eigenvalue weighted by Crippen LogP contribution is 2.21. The number of nitrogen functional groups attached to an aromatic ring is 1. The van der Waals surface area contributed by atoms with Crippen LogP contribution in [0.2, 0.25) is 0 Å². The summed E-state index contributed by atoms with van der Waals surface area (Å²) in [6, 6.07) is 13.9. The summed E-state index contributed by atoms with van der Waals surface area (Å²) in [4.78, 5) is 12.0. The van der Waals surface area contributed by atoms with Crippen LogP contribution < -0.4 is 15.8 Å². The first kappa shape index (κ1) is 14.4. The molecule has 0 fully saturated rings. The van der Waals surface area contributed by atoms with Crippen molar-refractivity contribution >= 4 is 11.6 Å². The number of nitriles is 1. The van der Waals surface area contributed by atoms with Crippen molar-refractivity contribution < 1.29 is 9.53 Å². The molecule has 0 heterocycles. The van der Waals surface area contributed by atoms with Crippen molar-refractivity contribution in [3.8, 4) is 11.8 Å². The molecule has 1 amide bonds. The van der Waals surface area contributed by atoms with Crippen LogP contribution in [0.1, 0.15) is 21.5 Å². The van der Waals surface area contributed by atoms with Crippen molar-refractivity contribution in [3.05, 3.63) is 59.2 Å². The molecular formula is C16H15N3O2. The number of carbonyl (C=O) groups excluding carboxylic acids is 1. The molecule has 2 rings (SSSR count). The fraction of sp³-hybridized carbons (Fsp3) is 0.125. The first-order valence-corrected chi connectivity index (χ1v) is 6.35. The number of hydrogen-bond donors (Lipinski definition) is 2. The Morgan fingerprint density at radius 2 is 2.14 bits per heavy atom. The Labute approximate surface area is 123 Å². The minimum Gasteiger partial charge on any atom is -0.495 e. The van der Waals surface area contributed by atoms with Crippen molar-refractivity contribution in [1.82, 2.24) is 5.32 Å². The van der Waals surface area contributed by atoms with Crippen LogP contribution in [0.25, 0.3) is 0 Å². The van der Waals surface area contributed by atoms with Crippen molar-refractivity contribution in [2.24, 2.45) is 0 Å². The van der Waals surface area contributed by atoms with Crippen LogP contribution in [0.15, 0.2) is 42.5 Å². The van der Waals surface area contributed by atoms with Gasteiger partial charge in [0.1, 0.15) is 5.75 Å². The van der Waals surface area contributed by atoms with E-state index in [0.29, 0.717) is 29.1 Å². The molecule has 0 aromatic heterocycles. The summed E-state index contributed by atoms with van der Waals surface area (Å²) in [5.74, 6) is 0.369. The number of nitrogens with two attached hydrogens (primary N) is 1. The van der Waals surface area contributed by atoms with Gasteiger partial charge in [-0.25, -0.2) is 0 Å². The quantitative estimate of drug-likeness (QED) is 0.840. The molecule has 0 aliphatic carbocycles. The largest absolute Gasteiger partial charge is 0.495 e. The van der Waals surface area contributed by atoms with Gasteiger partial charge in [-0.3, -0.25) is 4.79 Å². The molecular weight excluding hydrogens is 266 g/mol. The number of amides is 1. The maximum Gasteiger partial charge on any atom is 0.251 e. The van der Waals surface area contributed by atoms with Crippen LogP contribution in [0, 0.1) is 11.3 Å². The van der Waals surface area contributed by atoms with Crippen LogP contribution in [-0.4, -0.2) is 13.0 Å². The standard InChI is InChI=1S/C16H15N3O2/c1-21-15-6-5-12(8-14(15)18)10-19-16(20)13-4-2-3-11(7-13)9-17/h2-8H,10,18H2,1H3,(H,19,20). The van der Waals surface area contributed by atoms with Gasteiger partial charge in [-0.05, 0) is 35.9 Å². The number of methoxy groups -OCH3 is 1. The normalized spacial score (nSPS) is 9.71. The first-order valence-electron chi connectivity index (χ1n) is 6.35. The fourth-order valence-electron chi connectivity index (χ4n) is 1.91. The second-order valence-corrected chi connectivity index (χ2v) is 4.45. The van der Waals surface area contributed by atoms with E-state index < -0.39 is 0 Å². The summed E-state index contributed by atoms with van der Waals surface area (Å²) >= 11 is 0. The van der Waals surface area contributed by atoms with Crippen molar-refractivity contribution in [2.75, 3.05) is 12.8 Å². The van der Waals surface area contributed by atoms with Gasteiger partial charge in [-0.1, -0.05) is 12.1 Å². The summed E-state index contributed by atoms with van der Waals surface area (Å²) in [6.07, 6.45) is 0. The van der Waals surface area contributed by atoms with E-state index in [4.69, 9.17) is 15.7 Å². The number of ether oxygens (including phenoxy) is 1. The Balaban J connectivity index is 2.04. The van der Waals surface area contributed by atoms with E-state index >= 15 is 0 Å². The van der Waals surface area contributed by atoms with Crippen molar-refractivity contribution in [1.29, 1.82) is 5.26 Å². The summed E-state index contributed by atoms with van der Waals surface area (Å²) in [6.45, 7) is 0.351. The molecule has 0 spiro atoms. The molecule has 2 aromatic rings. The highest BCUT2D eigenvalue weighted by molar-refractivity contribution is 5.94.